The average Bonchev–Trinajstić information content (AvgIpc) is 2.81. The molecular weight excluding hydrogens is 292 g/mol. The van der Waals surface area contributed by atoms with Gasteiger partial charge in [0.05, 0.1) is 18.9 Å². The number of carbonyl (C=O) groups is 1. The molecule has 2 saturated heterocycles. The molecule has 0 radical (unpaired) electrons. The summed E-state index contributed by atoms with van der Waals surface area (Å²) in [6.45, 7) is 5.72. The number of nitriles is 1. The van der Waals surface area contributed by atoms with E-state index >= 15 is 0 Å². The summed E-state index contributed by atoms with van der Waals surface area (Å²) < 4.78 is 24.9. The van der Waals surface area contributed by atoms with Gasteiger partial charge in [0.2, 0.25) is 15.9 Å². The Balaban J connectivity index is 2.35. The van der Waals surface area contributed by atoms with Crippen LogP contribution in [-0.4, -0.2) is 79.0 Å². The lowest BCUT2D eigenvalue weighted by Gasteiger charge is -2.48. The SMILES string of the molecule is CC(C)N1CCN(CC#N)C2(CCN(S(C)(=O)=O)C2)C1=O. The number of piperazine rings is 1. The fraction of sp³-hybridized carbons (Fsp3) is 0.846. The molecule has 0 aromatic heterocycles. The summed E-state index contributed by atoms with van der Waals surface area (Å²) in [6.07, 6.45) is 1.61. The number of hydrogen-bond donors (Lipinski definition) is 0. The van der Waals surface area contributed by atoms with Crippen LogP contribution in [0.15, 0.2) is 0 Å². The third-order valence-corrected chi connectivity index (χ3v) is 5.69. The maximum atomic E-state index is 12.9. The number of rotatable bonds is 3. The van der Waals surface area contributed by atoms with Crippen molar-refractivity contribution in [2.45, 2.75) is 31.8 Å². The van der Waals surface area contributed by atoms with Crippen LogP contribution < -0.4 is 0 Å². The summed E-state index contributed by atoms with van der Waals surface area (Å²) in [5.41, 5.74) is -0.874. The maximum absolute atomic E-state index is 12.9. The highest BCUT2D eigenvalue weighted by atomic mass is 32.2. The smallest absolute Gasteiger partial charge is 0.244 e. The van der Waals surface area contributed by atoms with Crippen molar-refractivity contribution in [3.8, 4) is 6.07 Å². The predicted octanol–water partition coefficient (Wildman–Crippen LogP) is -0.533. The zero-order valence-corrected chi connectivity index (χ0v) is 13.6. The van der Waals surface area contributed by atoms with Crippen LogP contribution in [0, 0.1) is 11.3 Å². The molecule has 1 amide bonds. The van der Waals surface area contributed by atoms with E-state index in [2.05, 4.69) is 6.07 Å². The minimum atomic E-state index is -3.32. The van der Waals surface area contributed by atoms with Gasteiger partial charge >= 0.3 is 0 Å². The van der Waals surface area contributed by atoms with Crippen molar-refractivity contribution >= 4 is 15.9 Å². The van der Waals surface area contributed by atoms with Crippen LogP contribution in [0.4, 0.5) is 0 Å². The summed E-state index contributed by atoms with van der Waals surface area (Å²) in [5.74, 6) is -0.0508. The van der Waals surface area contributed by atoms with Crippen LogP contribution in [0.2, 0.25) is 0 Å². The minimum absolute atomic E-state index is 0.0508. The lowest BCUT2D eigenvalue weighted by molar-refractivity contribution is -0.151. The fourth-order valence-corrected chi connectivity index (χ4v) is 4.10. The Labute approximate surface area is 126 Å². The lowest BCUT2D eigenvalue weighted by atomic mass is 9.90. The molecular formula is C13H22N4O3S. The molecule has 0 bridgehead atoms. The first-order valence-corrected chi connectivity index (χ1v) is 8.95. The molecule has 0 aliphatic carbocycles. The molecule has 2 aliphatic rings. The monoisotopic (exact) mass is 314 g/mol. The third kappa shape index (κ3) is 2.78. The first-order chi connectivity index (χ1) is 9.72. The molecule has 2 heterocycles. The molecule has 1 atom stereocenters. The first kappa shape index (κ1) is 16.2. The zero-order chi connectivity index (χ0) is 15.8. The van der Waals surface area contributed by atoms with Crippen molar-refractivity contribution < 1.29 is 13.2 Å². The first-order valence-electron chi connectivity index (χ1n) is 7.10. The van der Waals surface area contributed by atoms with Crippen molar-refractivity contribution in [3.63, 3.8) is 0 Å². The Kier molecular flexibility index (Phi) is 4.29. The van der Waals surface area contributed by atoms with Gasteiger partial charge in [0.25, 0.3) is 0 Å². The molecule has 1 unspecified atom stereocenters. The van der Waals surface area contributed by atoms with Crippen LogP contribution in [0.25, 0.3) is 0 Å². The number of amides is 1. The van der Waals surface area contributed by atoms with Gasteiger partial charge in [0.15, 0.2) is 0 Å². The summed E-state index contributed by atoms with van der Waals surface area (Å²) >= 11 is 0. The van der Waals surface area contributed by atoms with Gasteiger partial charge in [0, 0.05) is 32.2 Å². The predicted molar refractivity (Wildman–Crippen MR) is 77.8 cm³/mol. The molecule has 2 rings (SSSR count). The second-order valence-electron chi connectivity index (χ2n) is 6.05. The Morgan fingerprint density at radius 1 is 1.33 bits per heavy atom. The quantitative estimate of drug-likeness (QED) is 0.654. The molecule has 7 nitrogen and oxygen atoms in total. The number of sulfonamides is 1. The van der Waals surface area contributed by atoms with E-state index in [1.54, 1.807) is 4.90 Å². The van der Waals surface area contributed by atoms with Gasteiger partial charge in [-0.1, -0.05) is 0 Å². The Morgan fingerprint density at radius 2 is 2.00 bits per heavy atom. The zero-order valence-electron chi connectivity index (χ0n) is 12.7. The lowest BCUT2D eigenvalue weighted by Crippen LogP contribution is -2.68. The van der Waals surface area contributed by atoms with E-state index in [0.29, 0.717) is 26.1 Å². The summed E-state index contributed by atoms with van der Waals surface area (Å²) in [7, 11) is -3.32. The highest BCUT2D eigenvalue weighted by Gasteiger charge is 2.54. The highest BCUT2D eigenvalue weighted by Crippen LogP contribution is 2.34. The molecule has 0 aromatic carbocycles. The van der Waals surface area contributed by atoms with Crippen LogP contribution in [-0.2, 0) is 14.8 Å². The summed E-state index contributed by atoms with van der Waals surface area (Å²) in [6, 6.07) is 2.17. The second-order valence-corrected chi connectivity index (χ2v) is 8.03. The van der Waals surface area contributed by atoms with Crippen LogP contribution in [0.1, 0.15) is 20.3 Å². The van der Waals surface area contributed by atoms with E-state index in [9.17, 15) is 13.2 Å². The largest absolute Gasteiger partial charge is 0.337 e. The van der Waals surface area contributed by atoms with Gasteiger partial charge in [-0.2, -0.15) is 9.57 Å². The van der Waals surface area contributed by atoms with Crippen LogP contribution >= 0.6 is 0 Å². The fourth-order valence-electron chi connectivity index (χ4n) is 3.23. The van der Waals surface area contributed by atoms with Crippen molar-refractivity contribution in [3.05, 3.63) is 0 Å². The summed E-state index contributed by atoms with van der Waals surface area (Å²) in [5, 5.41) is 9.00. The van der Waals surface area contributed by atoms with E-state index in [4.69, 9.17) is 5.26 Å². The van der Waals surface area contributed by atoms with E-state index in [0.717, 1.165) is 6.26 Å². The van der Waals surface area contributed by atoms with Crippen LogP contribution in [0.3, 0.4) is 0 Å². The van der Waals surface area contributed by atoms with Gasteiger partial charge in [-0.05, 0) is 20.3 Å². The van der Waals surface area contributed by atoms with E-state index in [1.807, 2.05) is 18.7 Å². The average molecular weight is 314 g/mol. The Hall–Kier alpha value is -1.17. The molecule has 2 aliphatic heterocycles. The van der Waals surface area contributed by atoms with E-state index in [1.165, 1.54) is 4.31 Å². The molecule has 0 aromatic rings. The standard InChI is InChI=1S/C13H22N4O3S/c1-11(2)17-9-8-15(7-5-14)13(12(17)18)4-6-16(10-13)21(3,19)20/h11H,4,6-10H2,1-3H3. The summed E-state index contributed by atoms with van der Waals surface area (Å²) in [4.78, 5) is 16.5. The van der Waals surface area contributed by atoms with Crippen molar-refractivity contribution in [2.24, 2.45) is 0 Å². The number of hydrogen-bond acceptors (Lipinski definition) is 5. The van der Waals surface area contributed by atoms with Gasteiger partial charge in [-0.25, -0.2) is 8.42 Å². The molecule has 118 valence electrons. The van der Waals surface area contributed by atoms with Crippen molar-refractivity contribution in [2.75, 3.05) is 39.0 Å². The molecule has 21 heavy (non-hydrogen) atoms. The highest BCUT2D eigenvalue weighted by molar-refractivity contribution is 7.88. The maximum Gasteiger partial charge on any atom is 0.244 e. The Bertz CT molecular complexity index is 568. The number of carbonyl (C=O) groups excluding carboxylic acids is 1. The molecule has 0 saturated carbocycles. The van der Waals surface area contributed by atoms with Gasteiger partial charge in [-0.3, -0.25) is 9.69 Å². The molecule has 1 spiro atoms. The Morgan fingerprint density at radius 3 is 2.48 bits per heavy atom. The van der Waals surface area contributed by atoms with E-state index < -0.39 is 15.6 Å². The van der Waals surface area contributed by atoms with Crippen molar-refractivity contribution in [1.29, 1.82) is 5.26 Å². The van der Waals surface area contributed by atoms with Crippen molar-refractivity contribution in [1.82, 2.24) is 14.1 Å². The van der Waals surface area contributed by atoms with Gasteiger partial charge in [0.1, 0.15) is 5.54 Å². The third-order valence-electron chi connectivity index (χ3n) is 4.44. The van der Waals surface area contributed by atoms with E-state index in [-0.39, 0.29) is 25.0 Å². The van der Waals surface area contributed by atoms with Gasteiger partial charge in [-0.15, -0.1) is 0 Å². The molecule has 8 heteroatoms. The minimum Gasteiger partial charge on any atom is -0.337 e. The molecule has 2 fully saturated rings. The van der Waals surface area contributed by atoms with Crippen LogP contribution in [0.5, 0.6) is 0 Å². The normalized spacial score (nSPS) is 28.5. The topological polar surface area (TPSA) is 84.7 Å². The van der Waals surface area contributed by atoms with Gasteiger partial charge < -0.3 is 4.90 Å². The number of nitrogens with zero attached hydrogens (tertiary/aromatic N) is 4. The molecule has 0 N–H and O–H groups in total. The second kappa shape index (κ2) is 5.55.